The molecule has 2 atom stereocenters. The van der Waals surface area contributed by atoms with Crippen LogP contribution < -0.4 is 5.32 Å². The molecule has 1 amide bonds. The summed E-state index contributed by atoms with van der Waals surface area (Å²) in [6, 6.07) is 14.8. The van der Waals surface area contributed by atoms with E-state index in [0.717, 1.165) is 55.7 Å². The quantitative estimate of drug-likeness (QED) is 0.444. The van der Waals surface area contributed by atoms with Gasteiger partial charge in [-0.15, -0.1) is 0 Å². The highest BCUT2D eigenvalue weighted by Crippen LogP contribution is 2.34. The summed E-state index contributed by atoms with van der Waals surface area (Å²) < 4.78 is 13.5. The molecule has 1 aromatic heterocycles. The zero-order valence-corrected chi connectivity index (χ0v) is 20.3. The fraction of sp³-hybridized carbons (Fsp3) is 0.448. The van der Waals surface area contributed by atoms with Crippen molar-refractivity contribution in [3.05, 3.63) is 71.7 Å². The number of benzene rings is 2. The molecule has 2 N–H and O–H groups in total. The van der Waals surface area contributed by atoms with Gasteiger partial charge in [-0.3, -0.25) is 9.89 Å². The fourth-order valence-corrected chi connectivity index (χ4v) is 5.87. The summed E-state index contributed by atoms with van der Waals surface area (Å²) in [5.74, 6) is 1.37. The summed E-state index contributed by atoms with van der Waals surface area (Å²) in [5.41, 5.74) is 2.91. The Labute approximate surface area is 206 Å². The summed E-state index contributed by atoms with van der Waals surface area (Å²) in [6.45, 7) is 4.02. The zero-order valence-electron chi connectivity index (χ0n) is 20.3. The van der Waals surface area contributed by atoms with Crippen molar-refractivity contribution in [2.24, 2.45) is 11.8 Å². The number of amides is 1. The van der Waals surface area contributed by atoms with Gasteiger partial charge >= 0.3 is 0 Å². The Morgan fingerprint density at radius 3 is 2.63 bits per heavy atom. The third-order valence-electron chi connectivity index (χ3n) is 7.87. The number of fused-ring (bicyclic) bond motifs is 1. The monoisotopic (exact) mass is 474 g/mol. The maximum Gasteiger partial charge on any atom is 0.244 e. The number of aromatic amines is 1. The van der Waals surface area contributed by atoms with Crippen LogP contribution in [0.1, 0.15) is 55.7 Å². The molecular weight excluding hydrogens is 439 g/mol. The topological polar surface area (TPSA) is 61.0 Å². The summed E-state index contributed by atoms with van der Waals surface area (Å²) >= 11 is 0. The molecule has 2 heterocycles. The van der Waals surface area contributed by atoms with E-state index in [-0.39, 0.29) is 11.7 Å². The van der Waals surface area contributed by atoms with Crippen molar-refractivity contribution in [1.82, 2.24) is 20.4 Å². The molecule has 5 rings (SSSR count). The molecule has 2 fully saturated rings. The SMILES string of the molecule is O=C(/C=C/c1ccccc1)NC[C@@H]1CCCC[C@H]1CN1CCC(c2[nH]nc3cc(F)ccc23)CC1. The van der Waals surface area contributed by atoms with Crippen molar-refractivity contribution in [3.63, 3.8) is 0 Å². The second kappa shape index (κ2) is 11.2. The number of rotatable bonds is 7. The smallest absolute Gasteiger partial charge is 0.244 e. The van der Waals surface area contributed by atoms with Gasteiger partial charge in [-0.2, -0.15) is 5.10 Å². The lowest BCUT2D eigenvalue weighted by Crippen LogP contribution is -2.42. The second-order valence-corrected chi connectivity index (χ2v) is 10.2. The van der Waals surface area contributed by atoms with Crippen LogP contribution in [-0.4, -0.2) is 47.2 Å². The van der Waals surface area contributed by atoms with Crippen LogP contribution in [-0.2, 0) is 4.79 Å². The van der Waals surface area contributed by atoms with E-state index in [1.165, 1.54) is 37.8 Å². The molecule has 3 aromatic rings. The number of carbonyl (C=O) groups is 1. The summed E-state index contributed by atoms with van der Waals surface area (Å²) in [7, 11) is 0. The number of carbonyl (C=O) groups excluding carboxylic acids is 1. The van der Waals surface area contributed by atoms with Crippen molar-refractivity contribution in [1.29, 1.82) is 0 Å². The minimum absolute atomic E-state index is 0.00865. The Hall–Kier alpha value is -2.99. The first kappa shape index (κ1) is 23.7. The van der Waals surface area contributed by atoms with E-state index in [1.54, 1.807) is 6.08 Å². The van der Waals surface area contributed by atoms with Gasteiger partial charge in [-0.05, 0) is 74.4 Å². The highest BCUT2D eigenvalue weighted by molar-refractivity contribution is 5.91. The predicted octanol–water partition coefficient (Wildman–Crippen LogP) is 5.52. The van der Waals surface area contributed by atoms with E-state index in [0.29, 0.717) is 23.3 Å². The molecule has 5 nitrogen and oxygen atoms in total. The van der Waals surface area contributed by atoms with Gasteiger partial charge in [0.2, 0.25) is 5.91 Å². The first-order valence-corrected chi connectivity index (χ1v) is 13.0. The van der Waals surface area contributed by atoms with Gasteiger partial charge in [0.1, 0.15) is 5.82 Å². The van der Waals surface area contributed by atoms with Gasteiger partial charge in [0.05, 0.1) is 5.52 Å². The first-order valence-electron chi connectivity index (χ1n) is 13.0. The van der Waals surface area contributed by atoms with E-state index < -0.39 is 0 Å². The Morgan fingerprint density at radius 1 is 1.06 bits per heavy atom. The maximum atomic E-state index is 13.5. The van der Waals surface area contributed by atoms with Crippen LogP contribution >= 0.6 is 0 Å². The molecule has 1 aliphatic carbocycles. The average molecular weight is 475 g/mol. The molecule has 184 valence electrons. The molecule has 0 radical (unpaired) electrons. The Kier molecular flexibility index (Phi) is 7.57. The third kappa shape index (κ3) is 5.99. The minimum Gasteiger partial charge on any atom is -0.352 e. The molecule has 0 bridgehead atoms. The van der Waals surface area contributed by atoms with Gasteiger partial charge < -0.3 is 10.2 Å². The molecule has 1 aliphatic heterocycles. The van der Waals surface area contributed by atoms with Gasteiger partial charge in [0.25, 0.3) is 0 Å². The van der Waals surface area contributed by atoms with Gasteiger partial charge in [0, 0.05) is 42.2 Å². The van der Waals surface area contributed by atoms with E-state index in [2.05, 4.69) is 20.4 Å². The van der Waals surface area contributed by atoms with Gasteiger partial charge in [-0.1, -0.05) is 43.2 Å². The predicted molar refractivity (Wildman–Crippen MR) is 138 cm³/mol. The lowest BCUT2D eigenvalue weighted by atomic mass is 9.78. The van der Waals surface area contributed by atoms with E-state index in [9.17, 15) is 9.18 Å². The Morgan fingerprint density at radius 2 is 1.83 bits per heavy atom. The van der Waals surface area contributed by atoms with E-state index in [1.807, 2.05) is 42.5 Å². The second-order valence-electron chi connectivity index (χ2n) is 10.2. The molecule has 1 saturated heterocycles. The summed E-state index contributed by atoms with van der Waals surface area (Å²) in [6.07, 6.45) is 10.7. The fourth-order valence-electron chi connectivity index (χ4n) is 5.87. The lowest BCUT2D eigenvalue weighted by molar-refractivity contribution is -0.116. The van der Waals surface area contributed by atoms with Gasteiger partial charge in [-0.25, -0.2) is 4.39 Å². The normalized spacial score (nSPS) is 22.1. The number of nitrogens with zero attached hydrogens (tertiary/aromatic N) is 2. The van der Waals surface area contributed by atoms with Crippen LogP contribution in [0.4, 0.5) is 4.39 Å². The minimum atomic E-state index is -0.240. The first-order chi connectivity index (χ1) is 17.2. The molecule has 6 heteroatoms. The standard InChI is InChI=1S/C29H35FN4O/c30-25-11-12-26-27(18-25)32-33-29(26)22-14-16-34(17-15-22)20-24-9-5-4-8-23(24)19-31-28(35)13-10-21-6-2-1-3-7-21/h1-3,6-7,10-13,18,22-24H,4-5,8-9,14-17,19-20H2,(H,31,35)(H,32,33)/b13-10+/t23-,24-/m0/s1. The highest BCUT2D eigenvalue weighted by atomic mass is 19.1. The number of hydrogen-bond donors (Lipinski definition) is 2. The number of likely N-dealkylation sites (tertiary alicyclic amines) is 1. The van der Waals surface area contributed by atoms with Crippen LogP contribution in [0.2, 0.25) is 0 Å². The maximum absolute atomic E-state index is 13.5. The number of halogens is 1. The van der Waals surface area contributed by atoms with Crippen molar-refractivity contribution in [2.75, 3.05) is 26.2 Å². The molecule has 0 spiro atoms. The lowest BCUT2D eigenvalue weighted by Gasteiger charge is -2.38. The summed E-state index contributed by atoms with van der Waals surface area (Å²) in [5, 5.41) is 11.7. The summed E-state index contributed by atoms with van der Waals surface area (Å²) in [4.78, 5) is 15.0. The highest BCUT2D eigenvalue weighted by Gasteiger charge is 2.30. The number of aromatic nitrogens is 2. The van der Waals surface area contributed by atoms with Crippen LogP contribution in [0.5, 0.6) is 0 Å². The molecule has 2 aromatic carbocycles. The molecular formula is C29H35FN4O. The Bertz CT molecular complexity index is 1150. The average Bonchev–Trinajstić information content (AvgIpc) is 3.31. The van der Waals surface area contributed by atoms with Crippen LogP contribution in [0, 0.1) is 17.7 Å². The van der Waals surface area contributed by atoms with E-state index >= 15 is 0 Å². The Balaban J connectivity index is 1.11. The largest absolute Gasteiger partial charge is 0.352 e. The van der Waals surface area contributed by atoms with Crippen LogP contribution in [0.15, 0.2) is 54.6 Å². The molecule has 1 saturated carbocycles. The van der Waals surface area contributed by atoms with Crippen LogP contribution in [0.3, 0.4) is 0 Å². The zero-order chi connectivity index (χ0) is 24.0. The van der Waals surface area contributed by atoms with Crippen molar-refractivity contribution in [3.8, 4) is 0 Å². The molecule has 2 aliphatic rings. The van der Waals surface area contributed by atoms with Crippen molar-refractivity contribution >= 4 is 22.9 Å². The van der Waals surface area contributed by atoms with E-state index in [4.69, 9.17) is 0 Å². The third-order valence-corrected chi connectivity index (χ3v) is 7.87. The number of piperidine rings is 1. The number of hydrogen-bond acceptors (Lipinski definition) is 3. The van der Waals surface area contributed by atoms with Crippen molar-refractivity contribution in [2.45, 2.75) is 44.4 Å². The molecule has 35 heavy (non-hydrogen) atoms. The van der Waals surface area contributed by atoms with Crippen molar-refractivity contribution < 1.29 is 9.18 Å². The molecule has 0 unspecified atom stereocenters. The van der Waals surface area contributed by atoms with Gasteiger partial charge in [0.15, 0.2) is 0 Å². The van der Waals surface area contributed by atoms with Crippen LogP contribution in [0.25, 0.3) is 17.0 Å². The number of H-pyrrole nitrogens is 1. The number of nitrogens with one attached hydrogen (secondary N) is 2.